The average Bonchev–Trinajstić information content (AvgIpc) is 2.61. The number of benzene rings is 2. The van der Waals surface area contributed by atoms with Crippen molar-refractivity contribution in [1.29, 1.82) is 0 Å². The zero-order chi connectivity index (χ0) is 18.9. The van der Waals surface area contributed by atoms with E-state index < -0.39 is 0 Å². The number of rotatable bonds is 9. The van der Waals surface area contributed by atoms with Gasteiger partial charge in [-0.25, -0.2) is 0 Å². The molecule has 0 fully saturated rings. The number of methoxy groups -OCH3 is 2. The van der Waals surface area contributed by atoms with Crippen LogP contribution in [0.2, 0.25) is 0 Å². The number of ether oxygens (including phenoxy) is 2. The van der Waals surface area contributed by atoms with Crippen LogP contribution < -0.4 is 14.8 Å². The van der Waals surface area contributed by atoms with Crippen LogP contribution in [0.5, 0.6) is 11.5 Å². The van der Waals surface area contributed by atoms with Gasteiger partial charge in [-0.2, -0.15) is 0 Å². The molecule has 0 bridgehead atoms. The summed E-state index contributed by atoms with van der Waals surface area (Å²) in [5.41, 5.74) is 2.29. The number of nitrogens with one attached hydrogen (secondary N) is 1. The van der Waals surface area contributed by atoms with E-state index in [-0.39, 0.29) is 17.9 Å². The minimum atomic E-state index is 0.0769. The minimum absolute atomic E-state index is 0.0769. The summed E-state index contributed by atoms with van der Waals surface area (Å²) < 4.78 is 10.6. The third-order valence-electron chi connectivity index (χ3n) is 4.38. The van der Waals surface area contributed by atoms with Gasteiger partial charge in [0.1, 0.15) is 11.5 Å². The summed E-state index contributed by atoms with van der Waals surface area (Å²) >= 11 is 0. The number of carbonyl (C=O) groups excluding carboxylic acids is 1. The molecule has 2 aromatic carbocycles. The maximum absolute atomic E-state index is 12.4. The lowest BCUT2D eigenvalue weighted by Crippen LogP contribution is -2.35. The molecular formula is C22H29NO3. The fraction of sp³-hybridized carbons (Fsp3) is 0.409. The Hall–Kier alpha value is -2.49. The Morgan fingerprint density at radius 1 is 1.00 bits per heavy atom. The van der Waals surface area contributed by atoms with Crippen molar-refractivity contribution in [2.45, 2.75) is 39.2 Å². The van der Waals surface area contributed by atoms with Crippen LogP contribution in [-0.4, -0.2) is 26.2 Å². The summed E-state index contributed by atoms with van der Waals surface area (Å²) in [6, 6.07) is 16.0. The quantitative estimate of drug-likeness (QED) is 0.739. The Morgan fingerprint density at radius 3 is 2.50 bits per heavy atom. The Labute approximate surface area is 156 Å². The Bertz CT molecular complexity index is 714. The van der Waals surface area contributed by atoms with Gasteiger partial charge in [0.15, 0.2) is 0 Å². The minimum Gasteiger partial charge on any atom is -0.497 e. The van der Waals surface area contributed by atoms with E-state index in [1.54, 1.807) is 14.2 Å². The second-order valence-corrected chi connectivity index (χ2v) is 6.85. The van der Waals surface area contributed by atoms with Gasteiger partial charge in [0, 0.05) is 12.5 Å². The van der Waals surface area contributed by atoms with Crippen LogP contribution >= 0.6 is 0 Å². The lowest BCUT2D eigenvalue weighted by molar-refractivity contribution is -0.122. The number of hydrogen-bond donors (Lipinski definition) is 1. The molecule has 0 radical (unpaired) electrons. The van der Waals surface area contributed by atoms with E-state index in [9.17, 15) is 4.79 Å². The first-order chi connectivity index (χ1) is 12.5. The van der Waals surface area contributed by atoms with E-state index in [0.29, 0.717) is 6.42 Å². The highest BCUT2D eigenvalue weighted by atomic mass is 16.5. The van der Waals surface area contributed by atoms with Gasteiger partial charge in [-0.05, 0) is 55.0 Å². The molecule has 0 aromatic heterocycles. The zero-order valence-electron chi connectivity index (χ0n) is 16.1. The Kier molecular flexibility index (Phi) is 7.52. The van der Waals surface area contributed by atoms with Crippen molar-refractivity contribution in [3.8, 4) is 11.5 Å². The standard InChI is InChI=1S/C22H29NO3/c1-16(12-19-9-5-6-11-21(19)26-4)13-22(24)23-17(2)14-18-8-7-10-20(15-18)25-3/h5-11,15-17H,12-14H2,1-4H3,(H,23,24). The molecule has 0 aliphatic carbocycles. The number of para-hydroxylation sites is 1. The van der Waals surface area contributed by atoms with Crippen molar-refractivity contribution >= 4 is 5.91 Å². The number of hydrogen-bond acceptors (Lipinski definition) is 3. The molecule has 0 aliphatic rings. The van der Waals surface area contributed by atoms with Gasteiger partial charge in [-0.15, -0.1) is 0 Å². The van der Waals surface area contributed by atoms with E-state index in [1.807, 2.05) is 43.3 Å². The van der Waals surface area contributed by atoms with Crippen molar-refractivity contribution in [2.75, 3.05) is 14.2 Å². The van der Waals surface area contributed by atoms with E-state index >= 15 is 0 Å². The third-order valence-corrected chi connectivity index (χ3v) is 4.38. The van der Waals surface area contributed by atoms with Crippen LogP contribution in [-0.2, 0) is 17.6 Å². The molecule has 0 heterocycles. The van der Waals surface area contributed by atoms with Crippen molar-refractivity contribution in [2.24, 2.45) is 5.92 Å². The lowest BCUT2D eigenvalue weighted by Gasteiger charge is -2.17. The lowest BCUT2D eigenvalue weighted by atomic mass is 9.97. The highest BCUT2D eigenvalue weighted by Crippen LogP contribution is 2.22. The fourth-order valence-electron chi connectivity index (χ4n) is 3.17. The smallest absolute Gasteiger partial charge is 0.220 e. The predicted molar refractivity (Wildman–Crippen MR) is 105 cm³/mol. The third kappa shape index (κ3) is 6.10. The molecule has 4 nitrogen and oxygen atoms in total. The first-order valence-electron chi connectivity index (χ1n) is 9.06. The first-order valence-corrected chi connectivity index (χ1v) is 9.06. The molecule has 1 amide bonds. The Morgan fingerprint density at radius 2 is 1.77 bits per heavy atom. The largest absolute Gasteiger partial charge is 0.497 e. The molecule has 2 aromatic rings. The van der Waals surface area contributed by atoms with Gasteiger partial charge in [0.25, 0.3) is 0 Å². The summed E-state index contributed by atoms with van der Waals surface area (Å²) in [7, 11) is 3.34. The molecule has 2 atom stereocenters. The van der Waals surface area contributed by atoms with Crippen LogP contribution in [0.3, 0.4) is 0 Å². The van der Waals surface area contributed by atoms with Crippen LogP contribution in [0.1, 0.15) is 31.4 Å². The fourth-order valence-corrected chi connectivity index (χ4v) is 3.17. The maximum Gasteiger partial charge on any atom is 0.220 e. The molecule has 1 N–H and O–H groups in total. The molecule has 4 heteroatoms. The summed E-state index contributed by atoms with van der Waals surface area (Å²) in [5.74, 6) is 2.05. The first kappa shape index (κ1) is 19.8. The van der Waals surface area contributed by atoms with Crippen molar-refractivity contribution in [1.82, 2.24) is 5.32 Å². The van der Waals surface area contributed by atoms with Gasteiger partial charge in [0.2, 0.25) is 5.91 Å². The average molecular weight is 355 g/mol. The van der Waals surface area contributed by atoms with Crippen molar-refractivity contribution in [3.63, 3.8) is 0 Å². The molecular weight excluding hydrogens is 326 g/mol. The monoisotopic (exact) mass is 355 g/mol. The Balaban J connectivity index is 1.83. The zero-order valence-corrected chi connectivity index (χ0v) is 16.1. The van der Waals surface area contributed by atoms with E-state index in [0.717, 1.165) is 35.5 Å². The second kappa shape index (κ2) is 9.85. The van der Waals surface area contributed by atoms with Gasteiger partial charge in [-0.1, -0.05) is 37.3 Å². The topological polar surface area (TPSA) is 47.6 Å². The highest BCUT2D eigenvalue weighted by molar-refractivity contribution is 5.76. The van der Waals surface area contributed by atoms with E-state index in [2.05, 4.69) is 24.4 Å². The predicted octanol–water partition coefficient (Wildman–Crippen LogP) is 4.02. The van der Waals surface area contributed by atoms with Crippen LogP contribution in [0.25, 0.3) is 0 Å². The molecule has 2 unspecified atom stereocenters. The van der Waals surface area contributed by atoms with Crippen molar-refractivity contribution < 1.29 is 14.3 Å². The molecule has 0 spiro atoms. The normalized spacial score (nSPS) is 12.9. The van der Waals surface area contributed by atoms with Gasteiger partial charge >= 0.3 is 0 Å². The molecule has 2 rings (SSSR count). The molecule has 140 valence electrons. The molecule has 26 heavy (non-hydrogen) atoms. The number of carbonyl (C=O) groups is 1. The van der Waals surface area contributed by atoms with Gasteiger partial charge < -0.3 is 14.8 Å². The number of amides is 1. The highest BCUT2D eigenvalue weighted by Gasteiger charge is 2.14. The molecule has 0 saturated carbocycles. The molecule has 0 aliphatic heterocycles. The summed E-state index contributed by atoms with van der Waals surface area (Å²) in [6.45, 7) is 4.13. The SMILES string of the molecule is COc1cccc(CC(C)NC(=O)CC(C)Cc2ccccc2OC)c1. The van der Waals surface area contributed by atoms with E-state index in [4.69, 9.17) is 9.47 Å². The molecule has 0 saturated heterocycles. The maximum atomic E-state index is 12.4. The van der Waals surface area contributed by atoms with Crippen LogP contribution in [0.15, 0.2) is 48.5 Å². The summed E-state index contributed by atoms with van der Waals surface area (Å²) in [6.07, 6.45) is 2.10. The van der Waals surface area contributed by atoms with Gasteiger partial charge in [-0.3, -0.25) is 4.79 Å². The van der Waals surface area contributed by atoms with Gasteiger partial charge in [0.05, 0.1) is 14.2 Å². The summed E-state index contributed by atoms with van der Waals surface area (Å²) in [5, 5.41) is 3.10. The van der Waals surface area contributed by atoms with Crippen LogP contribution in [0.4, 0.5) is 0 Å². The van der Waals surface area contributed by atoms with Crippen molar-refractivity contribution in [3.05, 3.63) is 59.7 Å². The summed E-state index contributed by atoms with van der Waals surface area (Å²) in [4.78, 5) is 12.4. The second-order valence-electron chi connectivity index (χ2n) is 6.85. The van der Waals surface area contributed by atoms with Crippen LogP contribution in [0, 0.1) is 5.92 Å². The van der Waals surface area contributed by atoms with E-state index in [1.165, 1.54) is 0 Å².